The number of anilines is 2. The zero-order valence-electron chi connectivity index (χ0n) is 21.3. The van der Waals surface area contributed by atoms with Crippen LogP contribution in [0.4, 0.5) is 11.4 Å². The largest absolute Gasteiger partial charge is 0.397 e. The van der Waals surface area contributed by atoms with Gasteiger partial charge in [0, 0.05) is 24.2 Å². The second-order valence-electron chi connectivity index (χ2n) is 10.6. The highest BCUT2D eigenvalue weighted by Gasteiger charge is 2.39. The third-order valence-corrected chi connectivity index (χ3v) is 6.90. The van der Waals surface area contributed by atoms with Crippen molar-refractivity contribution in [3.63, 3.8) is 0 Å². The van der Waals surface area contributed by atoms with Crippen molar-refractivity contribution in [2.24, 2.45) is 0 Å². The molecule has 0 saturated carbocycles. The molecule has 4 rings (SSSR count). The fourth-order valence-electron chi connectivity index (χ4n) is 4.60. The molecule has 0 radical (unpaired) electrons. The molecular weight excluding hydrogens is 454 g/mol. The van der Waals surface area contributed by atoms with E-state index < -0.39 is 16.6 Å². The Morgan fingerprint density at radius 2 is 1.61 bits per heavy atom. The summed E-state index contributed by atoms with van der Waals surface area (Å²) in [6.45, 7) is 7.95. The monoisotopic (exact) mass is 489 g/mol. The van der Waals surface area contributed by atoms with Crippen LogP contribution in [-0.2, 0) is 21.4 Å². The van der Waals surface area contributed by atoms with Crippen LogP contribution in [0.15, 0.2) is 60.7 Å². The van der Waals surface area contributed by atoms with Gasteiger partial charge in [0.15, 0.2) is 0 Å². The maximum atomic E-state index is 12.9. The summed E-state index contributed by atoms with van der Waals surface area (Å²) < 4.78 is 5.70. The Bertz CT molecular complexity index is 1200. The average Bonchev–Trinajstić information content (AvgIpc) is 2.84. The number of aliphatic hydroxyl groups is 2. The number of hydrogen-bond donors (Lipinski definition) is 4. The second-order valence-corrected chi connectivity index (χ2v) is 10.6. The third kappa shape index (κ3) is 5.28. The van der Waals surface area contributed by atoms with E-state index in [1.54, 1.807) is 58.0 Å². The van der Waals surface area contributed by atoms with Crippen LogP contribution in [-0.4, -0.2) is 34.3 Å². The predicted molar refractivity (Wildman–Crippen MR) is 141 cm³/mol. The summed E-state index contributed by atoms with van der Waals surface area (Å²) in [6, 6.07) is 18.4. The molecule has 7 nitrogen and oxygen atoms in total. The lowest BCUT2D eigenvalue weighted by molar-refractivity contribution is 0.0572. The fourth-order valence-corrected chi connectivity index (χ4v) is 4.60. The van der Waals surface area contributed by atoms with Crippen LogP contribution >= 0.6 is 0 Å². The van der Waals surface area contributed by atoms with E-state index in [1.807, 2.05) is 30.3 Å². The first-order valence-electron chi connectivity index (χ1n) is 12.2. The molecule has 0 aliphatic carbocycles. The quantitative estimate of drug-likeness (QED) is 0.380. The van der Waals surface area contributed by atoms with Crippen molar-refractivity contribution in [1.29, 1.82) is 0 Å². The number of nitrogens with one attached hydrogen (secondary N) is 1. The summed E-state index contributed by atoms with van der Waals surface area (Å²) >= 11 is 0. The number of amides is 1. The molecule has 2 heterocycles. The van der Waals surface area contributed by atoms with Crippen molar-refractivity contribution in [2.45, 2.75) is 57.2 Å². The predicted octanol–water partition coefficient (Wildman–Crippen LogP) is 4.47. The van der Waals surface area contributed by atoms with E-state index in [0.29, 0.717) is 54.3 Å². The molecule has 190 valence electrons. The molecule has 1 aromatic heterocycles. The number of benzene rings is 2. The van der Waals surface area contributed by atoms with Crippen LogP contribution in [0.25, 0.3) is 0 Å². The van der Waals surface area contributed by atoms with Gasteiger partial charge in [0.05, 0.1) is 28.4 Å². The van der Waals surface area contributed by atoms with Crippen molar-refractivity contribution in [2.75, 3.05) is 24.3 Å². The standard InChI is InChI=1S/C29H35N3O4/c1-27(2,34)21-17-24(28(3,4)35)32-25(18-21)29(13-15-36-16-14-29)20-11-9-19(10-12-20)26(33)31-23-8-6-5-7-22(23)30/h5-12,17-18,34-35H,13-16,30H2,1-4H3,(H,31,33). The van der Waals surface area contributed by atoms with Crippen LogP contribution in [0.5, 0.6) is 0 Å². The van der Waals surface area contributed by atoms with Crippen LogP contribution in [0.3, 0.4) is 0 Å². The molecule has 0 spiro atoms. The minimum absolute atomic E-state index is 0.244. The van der Waals surface area contributed by atoms with Crippen molar-refractivity contribution in [3.8, 4) is 0 Å². The highest BCUT2D eigenvalue weighted by molar-refractivity contribution is 6.05. The Labute approximate surface area is 212 Å². The minimum atomic E-state index is -1.18. The van der Waals surface area contributed by atoms with Crippen LogP contribution in [0.2, 0.25) is 0 Å². The Morgan fingerprint density at radius 1 is 0.972 bits per heavy atom. The van der Waals surface area contributed by atoms with Crippen molar-refractivity contribution >= 4 is 17.3 Å². The highest BCUT2D eigenvalue weighted by atomic mass is 16.5. The first-order chi connectivity index (χ1) is 16.9. The molecule has 1 saturated heterocycles. The molecule has 3 aromatic rings. The molecule has 1 amide bonds. The molecular formula is C29H35N3O4. The lowest BCUT2D eigenvalue weighted by atomic mass is 9.70. The third-order valence-electron chi connectivity index (χ3n) is 6.90. The van der Waals surface area contributed by atoms with Crippen molar-refractivity contribution in [3.05, 3.63) is 88.7 Å². The fraction of sp³-hybridized carbons (Fsp3) is 0.379. The topological polar surface area (TPSA) is 118 Å². The maximum Gasteiger partial charge on any atom is 0.255 e. The van der Waals surface area contributed by atoms with Gasteiger partial charge in [0.1, 0.15) is 5.60 Å². The number of para-hydroxylation sites is 2. The maximum absolute atomic E-state index is 12.9. The van der Waals surface area contributed by atoms with Gasteiger partial charge < -0.3 is 26.0 Å². The summed E-state index contributed by atoms with van der Waals surface area (Å²) in [5, 5.41) is 24.4. The van der Waals surface area contributed by atoms with Gasteiger partial charge >= 0.3 is 0 Å². The lowest BCUT2D eigenvalue weighted by Crippen LogP contribution is -2.37. The summed E-state index contributed by atoms with van der Waals surface area (Å²) in [5.41, 5.74) is 7.75. The summed E-state index contributed by atoms with van der Waals surface area (Å²) in [5.74, 6) is -0.244. The summed E-state index contributed by atoms with van der Waals surface area (Å²) in [6.07, 6.45) is 1.37. The number of carbonyl (C=O) groups excluding carboxylic acids is 1. The molecule has 7 heteroatoms. The molecule has 0 bridgehead atoms. The Morgan fingerprint density at radius 3 is 2.19 bits per heavy atom. The molecule has 0 unspecified atom stereocenters. The van der Waals surface area contributed by atoms with Crippen LogP contribution < -0.4 is 11.1 Å². The Balaban J connectivity index is 1.74. The van der Waals surface area contributed by atoms with E-state index in [1.165, 1.54) is 0 Å². The van der Waals surface area contributed by atoms with Crippen molar-refractivity contribution < 1.29 is 19.7 Å². The minimum Gasteiger partial charge on any atom is -0.397 e. The number of pyridine rings is 1. The van der Waals surface area contributed by atoms with Crippen LogP contribution in [0.1, 0.15) is 73.4 Å². The zero-order chi connectivity index (χ0) is 26.1. The summed E-state index contributed by atoms with van der Waals surface area (Å²) in [7, 11) is 0. The number of carbonyl (C=O) groups is 1. The van der Waals surface area contributed by atoms with Gasteiger partial charge in [0.2, 0.25) is 0 Å². The molecule has 1 aliphatic rings. The number of ether oxygens (including phenoxy) is 1. The Kier molecular flexibility index (Phi) is 6.92. The number of nitrogens with zero attached hydrogens (tertiary/aromatic N) is 1. The number of hydrogen-bond acceptors (Lipinski definition) is 6. The van der Waals surface area contributed by atoms with Gasteiger partial charge in [-0.15, -0.1) is 0 Å². The Hall–Kier alpha value is -3.26. The highest BCUT2D eigenvalue weighted by Crippen LogP contribution is 2.42. The zero-order valence-corrected chi connectivity index (χ0v) is 21.3. The van der Waals surface area contributed by atoms with E-state index in [2.05, 4.69) is 5.32 Å². The number of nitrogens with two attached hydrogens (primary N) is 1. The average molecular weight is 490 g/mol. The smallest absolute Gasteiger partial charge is 0.255 e. The number of rotatable bonds is 6. The van der Waals surface area contributed by atoms with E-state index >= 15 is 0 Å². The SMILES string of the molecule is CC(C)(O)c1cc(C(C)(C)O)nc(C2(c3ccc(C(=O)Nc4ccccc4N)cc3)CCOCC2)c1. The summed E-state index contributed by atoms with van der Waals surface area (Å²) in [4.78, 5) is 17.8. The molecule has 1 aliphatic heterocycles. The first kappa shape index (κ1) is 25.8. The van der Waals surface area contributed by atoms with E-state index in [4.69, 9.17) is 15.5 Å². The number of aromatic nitrogens is 1. The molecule has 1 fully saturated rings. The van der Waals surface area contributed by atoms with E-state index in [-0.39, 0.29) is 5.91 Å². The van der Waals surface area contributed by atoms with Gasteiger partial charge in [-0.05, 0) is 88.1 Å². The first-order valence-corrected chi connectivity index (χ1v) is 12.2. The van der Waals surface area contributed by atoms with Gasteiger partial charge in [-0.3, -0.25) is 9.78 Å². The van der Waals surface area contributed by atoms with E-state index in [9.17, 15) is 15.0 Å². The van der Waals surface area contributed by atoms with Gasteiger partial charge in [-0.1, -0.05) is 24.3 Å². The van der Waals surface area contributed by atoms with Gasteiger partial charge in [-0.25, -0.2) is 0 Å². The molecule has 0 atom stereocenters. The lowest BCUT2D eigenvalue weighted by Gasteiger charge is -2.39. The van der Waals surface area contributed by atoms with Crippen molar-refractivity contribution in [1.82, 2.24) is 4.98 Å². The van der Waals surface area contributed by atoms with Crippen LogP contribution in [0, 0.1) is 0 Å². The normalized spacial score (nSPS) is 15.9. The second kappa shape index (κ2) is 9.65. The van der Waals surface area contributed by atoms with E-state index in [0.717, 1.165) is 11.3 Å². The molecule has 5 N–H and O–H groups in total. The van der Waals surface area contributed by atoms with Gasteiger partial charge in [-0.2, -0.15) is 0 Å². The number of nitrogen functional groups attached to an aromatic ring is 1. The molecule has 36 heavy (non-hydrogen) atoms. The molecule has 2 aromatic carbocycles. The van der Waals surface area contributed by atoms with Gasteiger partial charge in [0.25, 0.3) is 5.91 Å².